The van der Waals surface area contributed by atoms with Crippen molar-refractivity contribution in [3.63, 3.8) is 0 Å². The van der Waals surface area contributed by atoms with E-state index in [1.165, 1.54) is 45.2 Å². The van der Waals surface area contributed by atoms with Crippen molar-refractivity contribution in [3.8, 4) is 17.0 Å². The number of hydrogen-bond donors (Lipinski definition) is 1. The van der Waals surface area contributed by atoms with Gasteiger partial charge in [0.25, 0.3) is 5.91 Å². The molecule has 2 fully saturated rings. The highest BCUT2D eigenvalue weighted by atomic mass is 16.5. The number of benzene rings is 3. The van der Waals surface area contributed by atoms with Gasteiger partial charge in [-0.05, 0) is 69.6 Å². The van der Waals surface area contributed by atoms with Crippen LogP contribution in [0.25, 0.3) is 22.2 Å². The largest absolute Gasteiger partial charge is 0.497 e. The van der Waals surface area contributed by atoms with E-state index in [9.17, 15) is 4.79 Å². The van der Waals surface area contributed by atoms with E-state index >= 15 is 0 Å². The van der Waals surface area contributed by atoms with Crippen LogP contribution >= 0.6 is 0 Å². The molecule has 3 heterocycles. The van der Waals surface area contributed by atoms with E-state index in [0.717, 1.165) is 52.1 Å². The molecule has 1 aromatic heterocycles. The summed E-state index contributed by atoms with van der Waals surface area (Å²) in [5, 5.41) is 4.08. The van der Waals surface area contributed by atoms with Crippen LogP contribution in [0.2, 0.25) is 0 Å². The Kier molecular flexibility index (Phi) is 8.59. The normalized spacial score (nSPS) is 17.0. The molecule has 0 unspecified atom stereocenters. The molecule has 0 atom stereocenters. The minimum atomic E-state index is -0.0678. The Hall–Kier alpha value is -3.74. The molecule has 2 saturated heterocycles. The Morgan fingerprint density at radius 1 is 0.902 bits per heavy atom. The highest BCUT2D eigenvalue weighted by molar-refractivity contribution is 6.09. The number of rotatable bonds is 8. The molecular formula is C35H40N4O2. The van der Waals surface area contributed by atoms with Gasteiger partial charge in [0, 0.05) is 41.7 Å². The molecule has 0 spiro atoms. The maximum absolute atomic E-state index is 14.1. The summed E-state index contributed by atoms with van der Waals surface area (Å²) in [5.41, 5.74) is 5.44. The summed E-state index contributed by atoms with van der Waals surface area (Å²) in [6.07, 6.45) is 6.38. The fourth-order valence-electron chi connectivity index (χ4n) is 6.48. The van der Waals surface area contributed by atoms with Gasteiger partial charge in [0.05, 0.1) is 23.9 Å². The Labute approximate surface area is 243 Å². The Morgan fingerprint density at radius 3 is 2.32 bits per heavy atom. The predicted octanol–water partition coefficient (Wildman–Crippen LogP) is 6.29. The number of methoxy groups -OCH3 is 1. The molecule has 3 aromatic carbocycles. The molecule has 212 valence electrons. The molecule has 0 radical (unpaired) electrons. The molecular weight excluding hydrogens is 508 g/mol. The highest BCUT2D eigenvalue weighted by Crippen LogP contribution is 2.34. The standard InChI is InChI=1S/C35H40N4O2/c1-41-29-15-16-30-32(23-29)37-34(27-13-7-3-8-14-27)31(33(30)35(40)36-24-26-11-5-2-6-12-26)25-38-21-17-28(18-22-38)39-19-9-4-10-20-39/h2-3,5-8,11-16,23,28H,4,9-10,17-22,24-25H2,1H3,(H,36,40). The number of ether oxygens (including phenoxy) is 1. The quantitative estimate of drug-likeness (QED) is 0.280. The number of likely N-dealkylation sites (tertiary alicyclic amines) is 2. The van der Waals surface area contributed by atoms with E-state index < -0.39 is 0 Å². The Bertz CT molecular complexity index is 1460. The Morgan fingerprint density at radius 2 is 1.61 bits per heavy atom. The number of nitrogens with zero attached hydrogens (tertiary/aromatic N) is 3. The fourth-order valence-corrected chi connectivity index (χ4v) is 6.48. The summed E-state index contributed by atoms with van der Waals surface area (Å²) in [6.45, 7) is 5.71. The number of nitrogens with one attached hydrogen (secondary N) is 1. The SMILES string of the molecule is COc1ccc2c(C(=O)NCc3ccccc3)c(CN3CCC(N4CCCCC4)CC3)c(-c3ccccc3)nc2c1. The minimum Gasteiger partial charge on any atom is -0.497 e. The molecule has 1 amide bonds. The number of aromatic nitrogens is 1. The first-order valence-corrected chi connectivity index (χ1v) is 15.0. The van der Waals surface area contributed by atoms with Gasteiger partial charge in [-0.3, -0.25) is 9.69 Å². The van der Waals surface area contributed by atoms with Gasteiger partial charge in [0.1, 0.15) is 5.75 Å². The number of amides is 1. The monoisotopic (exact) mass is 548 g/mol. The number of carbonyl (C=O) groups excluding carboxylic acids is 1. The molecule has 6 heteroatoms. The average Bonchev–Trinajstić information content (AvgIpc) is 3.04. The lowest BCUT2D eigenvalue weighted by Gasteiger charge is -2.40. The maximum Gasteiger partial charge on any atom is 0.252 e. The molecule has 4 aromatic rings. The van der Waals surface area contributed by atoms with E-state index in [-0.39, 0.29) is 5.91 Å². The van der Waals surface area contributed by atoms with E-state index in [4.69, 9.17) is 9.72 Å². The molecule has 41 heavy (non-hydrogen) atoms. The summed E-state index contributed by atoms with van der Waals surface area (Å²) < 4.78 is 5.53. The van der Waals surface area contributed by atoms with Crippen molar-refractivity contribution < 1.29 is 9.53 Å². The van der Waals surface area contributed by atoms with Crippen molar-refractivity contribution in [1.82, 2.24) is 20.1 Å². The molecule has 2 aliphatic rings. The summed E-state index contributed by atoms with van der Waals surface area (Å²) in [5.74, 6) is 0.661. The molecule has 0 aliphatic carbocycles. The summed E-state index contributed by atoms with van der Waals surface area (Å²) in [6, 6.07) is 26.9. The van der Waals surface area contributed by atoms with Gasteiger partial charge < -0.3 is 15.0 Å². The van der Waals surface area contributed by atoms with Crippen molar-refractivity contribution in [2.24, 2.45) is 0 Å². The third-order valence-electron chi connectivity index (χ3n) is 8.71. The first-order chi connectivity index (χ1) is 20.2. The Balaban J connectivity index is 1.37. The molecule has 0 bridgehead atoms. The zero-order valence-corrected chi connectivity index (χ0v) is 24.0. The van der Waals surface area contributed by atoms with Gasteiger partial charge in [-0.15, -0.1) is 0 Å². The van der Waals surface area contributed by atoms with Crippen LogP contribution < -0.4 is 10.1 Å². The molecule has 0 saturated carbocycles. The van der Waals surface area contributed by atoms with Gasteiger partial charge in [-0.25, -0.2) is 4.98 Å². The zero-order valence-electron chi connectivity index (χ0n) is 24.0. The van der Waals surface area contributed by atoms with Gasteiger partial charge in [-0.1, -0.05) is 67.1 Å². The average molecular weight is 549 g/mol. The summed E-state index contributed by atoms with van der Waals surface area (Å²) in [7, 11) is 1.66. The van der Waals surface area contributed by atoms with Gasteiger partial charge in [0.2, 0.25) is 0 Å². The summed E-state index contributed by atoms with van der Waals surface area (Å²) >= 11 is 0. The summed E-state index contributed by atoms with van der Waals surface area (Å²) in [4.78, 5) is 24.5. The van der Waals surface area contributed by atoms with E-state index in [1.54, 1.807) is 7.11 Å². The van der Waals surface area contributed by atoms with Crippen molar-refractivity contribution in [3.05, 3.63) is 95.6 Å². The lowest BCUT2D eigenvalue weighted by molar-refractivity contribution is 0.0885. The topological polar surface area (TPSA) is 57.7 Å². The smallest absolute Gasteiger partial charge is 0.252 e. The van der Waals surface area contributed by atoms with Crippen LogP contribution in [0.15, 0.2) is 78.9 Å². The second-order valence-corrected chi connectivity index (χ2v) is 11.3. The third-order valence-corrected chi connectivity index (χ3v) is 8.71. The number of fused-ring (bicyclic) bond motifs is 1. The number of piperidine rings is 2. The van der Waals surface area contributed by atoms with E-state index in [1.807, 2.05) is 66.7 Å². The van der Waals surface area contributed by atoms with Crippen LogP contribution in [0.1, 0.15) is 53.6 Å². The van der Waals surface area contributed by atoms with Crippen molar-refractivity contribution in [2.75, 3.05) is 33.3 Å². The van der Waals surface area contributed by atoms with Gasteiger partial charge >= 0.3 is 0 Å². The fraction of sp³-hybridized carbons (Fsp3) is 0.371. The zero-order chi connectivity index (χ0) is 28.0. The first-order valence-electron chi connectivity index (χ1n) is 15.0. The second-order valence-electron chi connectivity index (χ2n) is 11.3. The van der Waals surface area contributed by atoms with Crippen LogP contribution in [-0.2, 0) is 13.1 Å². The van der Waals surface area contributed by atoms with Crippen molar-refractivity contribution in [2.45, 2.75) is 51.2 Å². The lowest BCUT2D eigenvalue weighted by atomic mass is 9.94. The first kappa shape index (κ1) is 27.4. The third kappa shape index (κ3) is 6.29. The van der Waals surface area contributed by atoms with Crippen molar-refractivity contribution >= 4 is 16.8 Å². The molecule has 6 nitrogen and oxygen atoms in total. The predicted molar refractivity (Wildman–Crippen MR) is 165 cm³/mol. The van der Waals surface area contributed by atoms with E-state index in [0.29, 0.717) is 24.7 Å². The second kappa shape index (κ2) is 12.8. The number of hydrogen-bond acceptors (Lipinski definition) is 5. The van der Waals surface area contributed by atoms with Crippen LogP contribution in [0.5, 0.6) is 5.75 Å². The van der Waals surface area contributed by atoms with Crippen LogP contribution in [0, 0.1) is 0 Å². The van der Waals surface area contributed by atoms with Crippen LogP contribution in [0.3, 0.4) is 0 Å². The minimum absolute atomic E-state index is 0.0678. The highest BCUT2D eigenvalue weighted by Gasteiger charge is 2.28. The van der Waals surface area contributed by atoms with E-state index in [2.05, 4.69) is 27.2 Å². The number of pyridine rings is 1. The van der Waals surface area contributed by atoms with Gasteiger partial charge in [0.15, 0.2) is 0 Å². The molecule has 1 N–H and O–H groups in total. The molecule has 2 aliphatic heterocycles. The lowest BCUT2D eigenvalue weighted by Crippen LogP contribution is -2.46. The van der Waals surface area contributed by atoms with Crippen LogP contribution in [0.4, 0.5) is 0 Å². The van der Waals surface area contributed by atoms with Crippen LogP contribution in [-0.4, -0.2) is 60.0 Å². The van der Waals surface area contributed by atoms with Gasteiger partial charge in [-0.2, -0.15) is 0 Å². The van der Waals surface area contributed by atoms with Crippen molar-refractivity contribution in [1.29, 1.82) is 0 Å². The molecule has 6 rings (SSSR count). The maximum atomic E-state index is 14.1. The number of carbonyl (C=O) groups is 1.